The highest BCUT2D eigenvalue weighted by Crippen LogP contribution is 2.22. The van der Waals surface area contributed by atoms with Crippen molar-refractivity contribution in [3.05, 3.63) is 23.8 Å². The lowest BCUT2D eigenvalue weighted by Crippen LogP contribution is -2.12. The van der Waals surface area contributed by atoms with E-state index in [4.69, 9.17) is 14.2 Å². The minimum Gasteiger partial charge on any atom is -0.497 e. The maximum absolute atomic E-state index is 5.68. The lowest BCUT2D eigenvalue weighted by Gasteiger charge is -2.11. The molecule has 1 N–H and O–H groups in total. The van der Waals surface area contributed by atoms with Crippen molar-refractivity contribution in [2.24, 2.45) is 0 Å². The zero-order valence-corrected chi connectivity index (χ0v) is 13.5. The Morgan fingerprint density at radius 3 is 2.30 bits per heavy atom. The standard InChI is InChI=1S/C14H23NO3.C2H6/c1-4-15-11-12-8-13(17-3)10-14(9-12)18-7-5-6-16-2;1-2/h8-10,15H,4-7,11H2,1-3H3;1-2H3. The van der Waals surface area contributed by atoms with Crippen molar-refractivity contribution >= 4 is 0 Å². The van der Waals surface area contributed by atoms with E-state index in [-0.39, 0.29) is 0 Å². The van der Waals surface area contributed by atoms with Gasteiger partial charge in [-0.3, -0.25) is 0 Å². The zero-order chi connectivity index (χ0) is 15.2. The Morgan fingerprint density at radius 1 is 1.00 bits per heavy atom. The molecule has 0 heterocycles. The van der Waals surface area contributed by atoms with Gasteiger partial charge in [-0.15, -0.1) is 0 Å². The monoisotopic (exact) mass is 283 g/mol. The van der Waals surface area contributed by atoms with Gasteiger partial charge in [0.15, 0.2) is 0 Å². The van der Waals surface area contributed by atoms with Gasteiger partial charge < -0.3 is 19.5 Å². The highest BCUT2D eigenvalue weighted by Gasteiger charge is 2.02. The van der Waals surface area contributed by atoms with Crippen LogP contribution >= 0.6 is 0 Å². The zero-order valence-electron chi connectivity index (χ0n) is 13.5. The predicted molar refractivity (Wildman–Crippen MR) is 83.7 cm³/mol. The molecule has 4 nitrogen and oxygen atoms in total. The van der Waals surface area contributed by atoms with E-state index in [1.165, 1.54) is 0 Å². The summed E-state index contributed by atoms with van der Waals surface area (Å²) in [5.74, 6) is 1.67. The number of benzene rings is 1. The molecule has 0 saturated heterocycles. The number of rotatable bonds is 9. The van der Waals surface area contributed by atoms with E-state index in [1.807, 2.05) is 32.0 Å². The first kappa shape index (κ1) is 18.7. The summed E-state index contributed by atoms with van der Waals surface area (Å²) in [5, 5.41) is 3.29. The molecule has 1 aromatic rings. The second-order valence-corrected chi connectivity index (χ2v) is 3.99. The van der Waals surface area contributed by atoms with Crippen molar-refractivity contribution in [3.8, 4) is 11.5 Å². The first-order valence-electron chi connectivity index (χ1n) is 7.30. The Morgan fingerprint density at radius 2 is 1.70 bits per heavy atom. The highest BCUT2D eigenvalue weighted by molar-refractivity contribution is 5.38. The molecule has 0 aromatic heterocycles. The maximum Gasteiger partial charge on any atom is 0.123 e. The van der Waals surface area contributed by atoms with Crippen molar-refractivity contribution < 1.29 is 14.2 Å². The van der Waals surface area contributed by atoms with Gasteiger partial charge >= 0.3 is 0 Å². The molecule has 0 aliphatic carbocycles. The lowest BCUT2D eigenvalue weighted by molar-refractivity contribution is 0.172. The topological polar surface area (TPSA) is 39.7 Å². The number of hydrogen-bond acceptors (Lipinski definition) is 4. The molecule has 0 atom stereocenters. The molecule has 0 unspecified atom stereocenters. The van der Waals surface area contributed by atoms with E-state index in [2.05, 4.69) is 12.2 Å². The van der Waals surface area contributed by atoms with Crippen LogP contribution in [0.25, 0.3) is 0 Å². The molecule has 0 aliphatic heterocycles. The smallest absolute Gasteiger partial charge is 0.123 e. The van der Waals surface area contributed by atoms with Gasteiger partial charge in [-0.05, 0) is 24.2 Å². The van der Waals surface area contributed by atoms with E-state index in [0.29, 0.717) is 13.2 Å². The second-order valence-electron chi connectivity index (χ2n) is 3.99. The summed E-state index contributed by atoms with van der Waals surface area (Å²) in [6.45, 7) is 9.22. The highest BCUT2D eigenvalue weighted by atomic mass is 16.5. The summed E-state index contributed by atoms with van der Waals surface area (Å²) < 4.78 is 15.9. The molecule has 0 aliphatic rings. The van der Waals surface area contributed by atoms with Gasteiger partial charge in [-0.1, -0.05) is 20.8 Å². The van der Waals surface area contributed by atoms with Crippen molar-refractivity contribution in [2.45, 2.75) is 33.7 Å². The Labute approximate surface area is 123 Å². The number of methoxy groups -OCH3 is 2. The number of ether oxygens (including phenoxy) is 3. The lowest BCUT2D eigenvalue weighted by atomic mass is 10.2. The van der Waals surface area contributed by atoms with Crippen molar-refractivity contribution in [2.75, 3.05) is 34.0 Å². The first-order valence-corrected chi connectivity index (χ1v) is 7.30. The van der Waals surface area contributed by atoms with Crippen LogP contribution in [0.15, 0.2) is 18.2 Å². The Balaban J connectivity index is 0.00000172. The fraction of sp³-hybridized carbons (Fsp3) is 0.625. The summed E-state index contributed by atoms with van der Waals surface area (Å²) in [6, 6.07) is 5.96. The summed E-state index contributed by atoms with van der Waals surface area (Å²) in [7, 11) is 3.36. The molecule has 1 rings (SSSR count). The first-order chi connectivity index (χ1) is 9.80. The van der Waals surface area contributed by atoms with E-state index < -0.39 is 0 Å². The van der Waals surface area contributed by atoms with Gasteiger partial charge in [0.25, 0.3) is 0 Å². The molecule has 0 saturated carbocycles. The fourth-order valence-electron chi connectivity index (χ4n) is 1.60. The van der Waals surface area contributed by atoms with Gasteiger partial charge in [0.1, 0.15) is 11.5 Å². The predicted octanol–water partition coefficient (Wildman–Crippen LogP) is 3.25. The van der Waals surface area contributed by atoms with Gasteiger partial charge in [-0.2, -0.15) is 0 Å². The van der Waals surface area contributed by atoms with Crippen LogP contribution < -0.4 is 14.8 Å². The SMILES string of the molecule is CC.CCNCc1cc(OC)cc(OCCCOC)c1. The summed E-state index contributed by atoms with van der Waals surface area (Å²) in [4.78, 5) is 0. The molecule has 0 bridgehead atoms. The average molecular weight is 283 g/mol. The van der Waals surface area contributed by atoms with E-state index >= 15 is 0 Å². The summed E-state index contributed by atoms with van der Waals surface area (Å²) in [5.41, 5.74) is 1.16. The number of nitrogens with one attached hydrogen (secondary N) is 1. The third-order valence-corrected chi connectivity index (χ3v) is 2.52. The van der Waals surface area contributed by atoms with Crippen LogP contribution in [0.3, 0.4) is 0 Å². The van der Waals surface area contributed by atoms with Gasteiger partial charge in [-0.25, -0.2) is 0 Å². The molecule has 0 spiro atoms. The van der Waals surface area contributed by atoms with Gasteiger partial charge in [0.05, 0.1) is 13.7 Å². The van der Waals surface area contributed by atoms with E-state index in [1.54, 1.807) is 14.2 Å². The molecule has 0 radical (unpaired) electrons. The molecular formula is C16H29NO3. The van der Waals surface area contributed by atoms with Crippen LogP contribution in [0.2, 0.25) is 0 Å². The molecule has 116 valence electrons. The summed E-state index contributed by atoms with van der Waals surface area (Å²) in [6.07, 6.45) is 0.885. The van der Waals surface area contributed by atoms with E-state index in [0.717, 1.165) is 36.6 Å². The molecule has 20 heavy (non-hydrogen) atoms. The van der Waals surface area contributed by atoms with Crippen LogP contribution in [-0.2, 0) is 11.3 Å². The van der Waals surface area contributed by atoms with Gasteiger partial charge in [0, 0.05) is 32.7 Å². The molecule has 0 fully saturated rings. The largest absolute Gasteiger partial charge is 0.497 e. The maximum atomic E-state index is 5.68. The van der Waals surface area contributed by atoms with Crippen molar-refractivity contribution in [1.29, 1.82) is 0 Å². The minimum atomic E-state index is 0.654. The molecule has 1 aromatic carbocycles. The Hall–Kier alpha value is -1.26. The van der Waals surface area contributed by atoms with Crippen LogP contribution in [0.5, 0.6) is 11.5 Å². The summed E-state index contributed by atoms with van der Waals surface area (Å²) >= 11 is 0. The van der Waals surface area contributed by atoms with Crippen LogP contribution in [0, 0.1) is 0 Å². The molecule has 4 heteroatoms. The van der Waals surface area contributed by atoms with Crippen LogP contribution in [0.1, 0.15) is 32.8 Å². The Kier molecular flexibility index (Phi) is 12.0. The normalized spacial score (nSPS) is 9.65. The molecule has 0 amide bonds. The quantitative estimate of drug-likeness (QED) is 0.706. The third-order valence-electron chi connectivity index (χ3n) is 2.52. The van der Waals surface area contributed by atoms with Crippen molar-refractivity contribution in [3.63, 3.8) is 0 Å². The van der Waals surface area contributed by atoms with Gasteiger partial charge in [0.2, 0.25) is 0 Å². The van der Waals surface area contributed by atoms with Crippen LogP contribution in [0.4, 0.5) is 0 Å². The average Bonchev–Trinajstić information content (AvgIpc) is 2.51. The third kappa shape index (κ3) is 8.02. The molecular weight excluding hydrogens is 254 g/mol. The Bertz CT molecular complexity index is 342. The van der Waals surface area contributed by atoms with Crippen LogP contribution in [-0.4, -0.2) is 34.0 Å². The van der Waals surface area contributed by atoms with Crippen molar-refractivity contribution in [1.82, 2.24) is 5.32 Å². The number of hydrogen-bond donors (Lipinski definition) is 1. The van der Waals surface area contributed by atoms with E-state index in [9.17, 15) is 0 Å². The fourth-order valence-corrected chi connectivity index (χ4v) is 1.60. The minimum absolute atomic E-state index is 0.654. The second kappa shape index (κ2) is 12.8.